The van der Waals surface area contributed by atoms with Crippen LogP contribution in [0, 0.1) is 0 Å². The number of nitrogens with one attached hydrogen (secondary N) is 2. The Labute approximate surface area is 181 Å². The summed E-state index contributed by atoms with van der Waals surface area (Å²) in [6, 6.07) is -0.598. The van der Waals surface area contributed by atoms with Gasteiger partial charge in [0.25, 0.3) is 11.8 Å². The Morgan fingerprint density at radius 1 is 1.10 bits per heavy atom. The Morgan fingerprint density at radius 3 is 2.13 bits per heavy atom. The van der Waals surface area contributed by atoms with Crippen molar-refractivity contribution < 1.29 is 24.9 Å². The van der Waals surface area contributed by atoms with Crippen LogP contribution >= 0.6 is 12.6 Å². The Balaban J connectivity index is 5.29. The van der Waals surface area contributed by atoms with E-state index in [1.54, 1.807) is 26.8 Å². The van der Waals surface area contributed by atoms with Crippen LogP contribution in [0.15, 0.2) is 75.0 Å². The second-order valence-electron chi connectivity index (χ2n) is 6.14. The Kier molecular flexibility index (Phi) is 10.8. The molecule has 0 aliphatic rings. The van der Waals surface area contributed by atoms with Crippen molar-refractivity contribution >= 4 is 30.3 Å². The molecule has 0 spiro atoms. The molecule has 0 aromatic rings. The van der Waals surface area contributed by atoms with Crippen LogP contribution in [-0.4, -0.2) is 39.5 Å². The van der Waals surface area contributed by atoms with Crippen LogP contribution in [0.4, 0.5) is 4.79 Å². The number of carbonyl (C=O) groups is 2. The van der Waals surface area contributed by atoms with E-state index in [0.29, 0.717) is 11.1 Å². The summed E-state index contributed by atoms with van der Waals surface area (Å²) >= 11 is 4.02. The van der Waals surface area contributed by atoms with Gasteiger partial charge in [-0.1, -0.05) is 19.2 Å². The van der Waals surface area contributed by atoms with Gasteiger partial charge < -0.3 is 31.7 Å². The first-order valence-electron chi connectivity index (χ1n) is 8.64. The highest BCUT2D eigenvalue weighted by atomic mass is 32.1. The van der Waals surface area contributed by atoms with Gasteiger partial charge in [-0.25, -0.2) is 9.79 Å². The molecule has 0 radical (unpaired) electrons. The third-order valence-electron chi connectivity index (χ3n) is 3.93. The first-order valence-corrected chi connectivity index (χ1v) is 9.16. The van der Waals surface area contributed by atoms with Gasteiger partial charge in [-0.15, -0.1) is 12.6 Å². The lowest BCUT2D eigenvalue weighted by atomic mass is 10.1. The fraction of sp³-hybridized carbons (Fsp3) is 0.250. The molecule has 0 aromatic heterocycles. The van der Waals surface area contributed by atoms with Crippen LogP contribution in [0.3, 0.4) is 0 Å². The summed E-state index contributed by atoms with van der Waals surface area (Å²) in [6.07, 6.45) is 1.74. The number of amides is 3. The zero-order valence-electron chi connectivity index (χ0n) is 17.4. The predicted molar refractivity (Wildman–Crippen MR) is 121 cm³/mol. The molecule has 0 saturated carbocycles. The molecular weight excluding hydrogens is 408 g/mol. The maximum atomic E-state index is 12.1. The average Bonchev–Trinajstić information content (AvgIpc) is 2.72. The minimum absolute atomic E-state index is 0.0921. The highest BCUT2D eigenvalue weighted by Gasteiger charge is 2.15. The van der Waals surface area contributed by atoms with Crippen molar-refractivity contribution in [1.29, 1.82) is 0 Å². The van der Waals surface area contributed by atoms with Gasteiger partial charge >= 0.3 is 6.03 Å². The summed E-state index contributed by atoms with van der Waals surface area (Å²) in [5.41, 5.74) is 6.14. The van der Waals surface area contributed by atoms with Crippen molar-refractivity contribution in [3.8, 4) is 0 Å². The molecule has 30 heavy (non-hydrogen) atoms. The molecule has 10 heteroatoms. The van der Waals surface area contributed by atoms with Crippen molar-refractivity contribution in [2.24, 2.45) is 10.7 Å². The average molecular weight is 437 g/mol. The lowest BCUT2D eigenvalue weighted by molar-refractivity contribution is -0.114. The molecule has 0 aliphatic carbocycles. The summed E-state index contributed by atoms with van der Waals surface area (Å²) < 4.78 is 0. The number of aliphatic imine (C=N–C) groups is 1. The topological polar surface area (TPSA) is 157 Å². The van der Waals surface area contributed by atoms with Gasteiger partial charge in [0.2, 0.25) is 0 Å². The number of allylic oxidation sites excluding steroid dienone is 3. The summed E-state index contributed by atoms with van der Waals surface area (Å²) in [5.74, 6) is -2.71. The van der Waals surface area contributed by atoms with Gasteiger partial charge in [-0.05, 0) is 44.2 Å². The van der Waals surface area contributed by atoms with E-state index in [4.69, 9.17) is 5.73 Å². The summed E-state index contributed by atoms with van der Waals surface area (Å²) in [4.78, 5) is 26.9. The van der Waals surface area contributed by atoms with Crippen molar-refractivity contribution in [3.05, 3.63) is 70.0 Å². The number of thiol groups is 1. The van der Waals surface area contributed by atoms with Crippen LogP contribution in [0.1, 0.15) is 27.7 Å². The third-order valence-corrected chi connectivity index (χ3v) is 4.19. The zero-order valence-corrected chi connectivity index (χ0v) is 18.3. The minimum atomic E-state index is -1.03. The first kappa shape index (κ1) is 26.6. The van der Waals surface area contributed by atoms with E-state index < -0.39 is 29.2 Å². The molecule has 0 aromatic carbocycles. The normalized spacial score (nSPS) is 14.4. The maximum Gasteiger partial charge on any atom is 0.319 e. The van der Waals surface area contributed by atoms with Crippen LogP contribution < -0.4 is 16.4 Å². The van der Waals surface area contributed by atoms with E-state index in [-0.39, 0.29) is 29.3 Å². The van der Waals surface area contributed by atoms with Gasteiger partial charge in [0, 0.05) is 12.1 Å². The molecule has 7 N–H and O–H groups in total. The zero-order chi connectivity index (χ0) is 23.6. The molecule has 0 saturated heterocycles. The van der Waals surface area contributed by atoms with Gasteiger partial charge in [0.05, 0.1) is 17.0 Å². The lowest BCUT2D eigenvalue weighted by Crippen LogP contribution is -2.36. The minimum Gasteiger partial charge on any atom is -0.508 e. The number of urea groups is 1. The van der Waals surface area contributed by atoms with E-state index in [2.05, 4.69) is 41.4 Å². The molecule has 3 amide bonds. The van der Waals surface area contributed by atoms with E-state index in [9.17, 15) is 24.9 Å². The lowest BCUT2D eigenvalue weighted by Gasteiger charge is -2.14. The van der Waals surface area contributed by atoms with Gasteiger partial charge in [-0.2, -0.15) is 0 Å². The van der Waals surface area contributed by atoms with E-state index in [1.807, 2.05) is 0 Å². The largest absolute Gasteiger partial charge is 0.508 e. The Bertz CT molecular complexity index is 895. The first-order chi connectivity index (χ1) is 13.9. The molecule has 0 fully saturated rings. The number of hydrogen-bond donors (Lipinski definition) is 7. The van der Waals surface area contributed by atoms with Crippen molar-refractivity contribution in [2.75, 3.05) is 6.54 Å². The summed E-state index contributed by atoms with van der Waals surface area (Å²) in [7, 11) is 0. The van der Waals surface area contributed by atoms with Gasteiger partial charge in [-0.3, -0.25) is 4.79 Å². The number of carbonyl (C=O) groups excluding carboxylic acids is 2. The molecule has 0 rings (SSSR count). The molecule has 0 atom stereocenters. The predicted octanol–water partition coefficient (Wildman–Crippen LogP) is 3.20. The smallest absolute Gasteiger partial charge is 0.319 e. The van der Waals surface area contributed by atoms with Crippen LogP contribution in [0.5, 0.6) is 0 Å². The van der Waals surface area contributed by atoms with Crippen LogP contribution in [-0.2, 0) is 4.79 Å². The molecule has 0 unspecified atom stereocenters. The monoisotopic (exact) mass is 436 g/mol. The quantitative estimate of drug-likeness (QED) is 0.0971. The molecule has 0 heterocycles. The number of nitrogens with zero attached hydrogens (tertiary/aromatic N) is 1. The number of aliphatic hydroxyl groups excluding tert-OH is 3. The Morgan fingerprint density at radius 2 is 1.67 bits per heavy atom. The maximum absolute atomic E-state index is 12.1. The van der Waals surface area contributed by atoms with E-state index >= 15 is 0 Å². The number of hydrogen-bond acceptors (Lipinski definition) is 7. The van der Waals surface area contributed by atoms with Gasteiger partial charge in [0.1, 0.15) is 5.76 Å². The van der Waals surface area contributed by atoms with E-state index in [0.717, 1.165) is 0 Å². The van der Waals surface area contributed by atoms with Crippen LogP contribution in [0.25, 0.3) is 0 Å². The molecular formula is C20H28N4O5S. The molecule has 164 valence electrons. The second-order valence-corrected chi connectivity index (χ2v) is 6.40. The van der Waals surface area contributed by atoms with Crippen molar-refractivity contribution in [2.45, 2.75) is 27.7 Å². The van der Waals surface area contributed by atoms with Gasteiger partial charge in [0.15, 0.2) is 5.76 Å². The molecule has 9 nitrogen and oxygen atoms in total. The number of primary amides is 1. The fourth-order valence-electron chi connectivity index (χ4n) is 1.85. The highest BCUT2D eigenvalue weighted by Crippen LogP contribution is 2.14. The SMILES string of the molecule is C=C(C(N)=O)/C(O)=C(O)\N=C(/C)C(=C)/C(=C\S)NC(=O)NC/C(C)=C(O)/C(C)=C\C. The number of aliphatic hydroxyl groups is 3. The third kappa shape index (κ3) is 7.92. The molecule has 0 bridgehead atoms. The number of nitrogens with two attached hydrogens (primary N) is 1. The van der Waals surface area contributed by atoms with Crippen LogP contribution in [0.2, 0.25) is 0 Å². The molecule has 0 aliphatic heterocycles. The number of rotatable bonds is 9. The standard InChI is InChI=1S/C20H28N4O5S/c1-7-10(2)16(25)11(3)8-22-20(29)24-15(9-30)12(4)14(6)23-19(28)17(26)13(5)18(21)27/h7,9,25-26,28,30H,4-5,8H2,1-3,6H3,(H2,21,27)(H2,22,24,29)/b10-7-,15-9+,16-11-,19-17-,23-14+. The Hall–Kier alpha value is -3.40. The highest BCUT2D eigenvalue weighted by molar-refractivity contribution is 7.83. The summed E-state index contributed by atoms with van der Waals surface area (Å²) in [5, 5.41) is 35.9. The fourth-order valence-corrected chi connectivity index (χ4v) is 2.07. The van der Waals surface area contributed by atoms with Crippen molar-refractivity contribution in [1.82, 2.24) is 10.6 Å². The van der Waals surface area contributed by atoms with E-state index in [1.165, 1.54) is 12.3 Å². The second kappa shape index (κ2) is 12.2. The van der Waals surface area contributed by atoms with Crippen molar-refractivity contribution in [3.63, 3.8) is 0 Å². The summed E-state index contributed by atoms with van der Waals surface area (Å²) in [6.45, 7) is 13.7.